The molecule has 11 heteroatoms. The number of alkyl halides is 3. The Hall–Kier alpha value is -1.32. The van der Waals surface area contributed by atoms with Crippen LogP contribution in [0.4, 0.5) is 8.78 Å². The van der Waals surface area contributed by atoms with Crippen LogP contribution < -0.4 is 5.56 Å². The summed E-state index contributed by atoms with van der Waals surface area (Å²) in [6, 6.07) is 4.28. The molecule has 3 rings (SSSR count). The Balaban J connectivity index is 2.13. The summed E-state index contributed by atoms with van der Waals surface area (Å²) < 4.78 is 37.3. The number of hydrogen-bond acceptors (Lipinski definition) is 5. The number of ether oxygens (including phenoxy) is 2. The van der Waals surface area contributed by atoms with E-state index in [0.717, 1.165) is 23.4 Å². The van der Waals surface area contributed by atoms with E-state index in [1.807, 2.05) is 4.98 Å². The van der Waals surface area contributed by atoms with Gasteiger partial charge in [-0.15, -0.1) is 0 Å². The lowest BCUT2D eigenvalue weighted by Gasteiger charge is -2.28. The highest BCUT2D eigenvalue weighted by Crippen LogP contribution is 2.44. The maximum atomic E-state index is 13.6. The predicted octanol–water partition coefficient (Wildman–Crippen LogP) is 5.41. The topological polar surface area (TPSA) is 68.4 Å². The summed E-state index contributed by atoms with van der Waals surface area (Å²) in [5, 5.41) is -3.32. The van der Waals surface area contributed by atoms with Crippen molar-refractivity contribution in [2.24, 2.45) is 0 Å². The summed E-state index contributed by atoms with van der Waals surface area (Å²) in [6.07, 6.45) is 0. The van der Waals surface area contributed by atoms with Gasteiger partial charge in [0.2, 0.25) is 0 Å². The highest BCUT2D eigenvalue weighted by atomic mass is 35.5. The third-order valence-corrected chi connectivity index (χ3v) is 6.47. The van der Waals surface area contributed by atoms with Crippen molar-refractivity contribution in [2.75, 3.05) is 19.8 Å². The molecule has 1 saturated heterocycles. The number of benzene rings is 1. The molecule has 156 valence electrons. The lowest BCUT2D eigenvalue weighted by atomic mass is 9.98. The fraction of sp³-hybridized carbons (Fsp3) is 0.333. The average Bonchev–Trinajstić information content (AvgIpc) is 2.58. The van der Waals surface area contributed by atoms with Gasteiger partial charge in [0.1, 0.15) is 11.3 Å². The number of aromatic nitrogens is 1. The number of esters is 1. The zero-order chi connectivity index (χ0) is 21.3. The molecule has 1 N–H and O–H groups in total. The molecule has 0 spiro atoms. The molecule has 5 nitrogen and oxygen atoms in total. The lowest BCUT2D eigenvalue weighted by molar-refractivity contribution is 0.00838. The van der Waals surface area contributed by atoms with E-state index in [-0.39, 0.29) is 22.4 Å². The average molecular weight is 485 g/mol. The second kappa shape index (κ2) is 8.81. The Morgan fingerprint density at radius 2 is 2.07 bits per heavy atom. The molecule has 29 heavy (non-hydrogen) atoms. The van der Waals surface area contributed by atoms with E-state index >= 15 is 0 Å². The lowest BCUT2D eigenvalue weighted by Crippen LogP contribution is -2.25. The van der Waals surface area contributed by atoms with Gasteiger partial charge in [0, 0.05) is 15.7 Å². The second-order valence-corrected chi connectivity index (χ2v) is 8.40. The van der Waals surface area contributed by atoms with E-state index in [1.165, 1.54) is 0 Å². The van der Waals surface area contributed by atoms with Crippen LogP contribution in [0.15, 0.2) is 32.8 Å². The second-order valence-electron chi connectivity index (χ2n) is 6.09. The van der Waals surface area contributed by atoms with E-state index in [4.69, 9.17) is 44.3 Å². The van der Waals surface area contributed by atoms with Crippen molar-refractivity contribution in [3.05, 3.63) is 55.4 Å². The van der Waals surface area contributed by atoms with Crippen LogP contribution in [-0.2, 0) is 14.9 Å². The van der Waals surface area contributed by atoms with Crippen LogP contribution in [-0.4, -0.2) is 30.8 Å². The van der Waals surface area contributed by atoms with Crippen molar-refractivity contribution >= 4 is 52.5 Å². The van der Waals surface area contributed by atoms with Gasteiger partial charge in [0.15, 0.2) is 0 Å². The quantitative estimate of drug-likeness (QED) is 0.438. The largest absolute Gasteiger partial charge is 0.462 e. The number of nitrogens with one attached hydrogen (secondary N) is 1. The first-order valence-corrected chi connectivity index (χ1v) is 10.3. The summed E-state index contributed by atoms with van der Waals surface area (Å²) in [6.45, 7) is 2.53. The summed E-state index contributed by atoms with van der Waals surface area (Å²) >= 11 is 18.6. The van der Waals surface area contributed by atoms with Gasteiger partial charge in [0.25, 0.3) is 5.56 Å². The van der Waals surface area contributed by atoms with Crippen LogP contribution >= 0.6 is 46.6 Å². The molecule has 0 radical (unpaired) electrons. The minimum Gasteiger partial charge on any atom is -0.462 e. The van der Waals surface area contributed by atoms with Crippen molar-refractivity contribution in [3.8, 4) is 0 Å². The van der Waals surface area contributed by atoms with Gasteiger partial charge in [-0.1, -0.05) is 41.0 Å². The fourth-order valence-electron chi connectivity index (χ4n) is 2.65. The zero-order valence-corrected chi connectivity index (χ0v) is 17.9. The normalized spacial score (nSPS) is 14.6. The first-order valence-electron chi connectivity index (χ1n) is 8.38. The van der Waals surface area contributed by atoms with Gasteiger partial charge >= 0.3 is 11.4 Å². The number of halogens is 5. The number of carbonyl (C=O) groups excluding carboxylic acids is 1. The van der Waals surface area contributed by atoms with E-state index in [0.29, 0.717) is 23.1 Å². The molecule has 0 bridgehead atoms. The Kier molecular flexibility index (Phi) is 6.80. The Morgan fingerprint density at radius 3 is 2.62 bits per heavy atom. The van der Waals surface area contributed by atoms with E-state index in [9.17, 15) is 18.4 Å². The highest BCUT2D eigenvalue weighted by Gasteiger charge is 2.33. The number of H-pyrrole nitrogens is 1. The maximum absolute atomic E-state index is 13.6. The zero-order valence-electron chi connectivity index (χ0n) is 14.9. The number of rotatable bonds is 6. The van der Waals surface area contributed by atoms with Gasteiger partial charge in [-0.3, -0.25) is 4.79 Å². The van der Waals surface area contributed by atoms with Crippen molar-refractivity contribution in [1.82, 2.24) is 4.98 Å². The van der Waals surface area contributed by atoms with Crippen LogP contribution in [0, 0.1) is 0 Å². The van der Waals surface area contributed by atoms with Crippen LogP contribution in [0.3, 0.4) is 0 Å². The first kappa shape index (κ1) is 22.4. The van der Waals surface area contributed by atoms with Gasteiger partial charge in [-0.25, -0.2) is 4.79 Å². The molecule has 1 aliphatic heterocycles. The summed E-state index contributed by atoms with van der Waals surface area (Å²) in [4.78, 5) is 26.8. The van der Waals surface area contributed by atoms with Crippen LogP contribution in [0.25, 0.3) is 0 Å². The van der Waals surface area contributed by atoms with E-state index in [1.54, 1.807) is 19.1 Å². The van der Waals surface area contributed by atoms with Crippen LogP contribution in [0.5, 0.6) is 0 Å². The molecular weight excluding hydrogens is 471 g/mol. The molecule has 1 aromatic carbocycles. The third-order valence-electron chi connectivity index (χ3n) is 4.15. The summed E-state index contributed by atoms with van der Waals surface area (Å²) in [5.41, 5.74) is -1.59. The monoisotopic (exact) mass is 483 g/mol. The molecule has 1 aliphatic rings. The minimum atomic E-state index is -3.85. The minimum absolute atomic E-state index is 0.00548. The molecule has 2 heterocycles. The molecule has 0 aliphatic carbocycles. The number of hydrogen-bond donors (Lipinski definition) is 1. The highest BCUT2D eigenvalue weighted by molar-refractivity contribution is 7.99. The number of pyridine rings is 1. The standard InChI is InChI=1S/C18H14Cl3F2NO4S/c1-2-28-17(26)13-11(5-12(18(21,22)23)24-16(13)25)29-15-10(19)4-3-9(14(15)20)8-6-27-7-8/h3-5,8H,2,6-7H2,1H3,(H,24,25). The Morgan fingerprint density at radius 1 is 1.38 bits per heavy atom. The Labute approximate surface area is 183 Å². The van der Waals surface area contributed by atoms with E-state index < -0.39 is 28.2 Å². The van der Waals surface area contributed by atoms with Gasteiger partial charge < -0.3 is 14.5 Å². The van der Waals surface area contributed by atoms with Crippen molar-refractivity contribution in [1.29, 1.82) is 0 Å². The molecule has 0 unspecified atom stereocenters. The smallest absolute Gasteiger partial charge is 0.362 e. The molecule has 0 saturated carbocycles. The predicted molar refractivity (Wildman–Crippen MR) is 107 cm³/mol. The van der Waals surface area contributed by atoms with Gasteiger partial charge in [-0.05, 0) is 36.2 Å². The van der Waals surface area contributed by atoms with Crippen LogP contribution in [0.1, 0.15) is 34.5 Å². The Bertz CT molecular complexity index is 1010. The summed E-state index contributed by atoms with van der Waals surface area (Å²) in [5.74, 6) is -0.887. The van der Waals surface area contributed by atoms with Gasteiger partial charge in [-0.2, -0.15) is 8.78 Å². The third kappa shape index (κ3) is 4.72. The van der Waals surface area contributed by atoms with Crippen molar-refractivity contribution in [2.45, 2.75) is 28.0 Å². The molecule has 2 aromatic rings. The number of carbonyl (C=O) groups is 1. The number of aromatic amines is 1. The molecule has 0 atom stereocenters. The maximum Gasteiger partial charge on any atom is 0.362 e. The summed E-state index contributed by atoms with van der Waals surface area (Å²) in [7, 11) is 0. The fourth-order valence-corrected chi connectivity index (χ4v) is 4.55. The molecule has 1 fully saturated rings. The SMILES string of the molecule is CCOC(=O)c1c(Sc2c(Cl)ccc(C3COC3)c2Cl)cc(C(F)(F)Cl)[nH]c1=O. The van der Waals surface area contributed by atoms with Crippen LogP contribution in [0.2, 0.25) is 10.0 Å². The van der Waals surface area contributed by atoms with Gasteiger partial charge in [0.05, 0.1) is 29.9 Å². The first-order chi connectivity index (χ1) is 13.6. The molecule has 1 aromatic heterocycles. The molecule has 0 amide bonds. The van der Waals surface area contributed by atoms with Crippen molar-refractivity contribution in [3.63, 3.8) is 0 Å². The van der Waals surface area contributed by atoms with Crippen molar-refractivity contribution < 1.29 is 23.0 Å². The van der Waals surface area contributed by atoms with E-state index in [2.05, 4.69) is 0 Å². The molecular formula is C18H14Cl3F2NO4S.